The number of ether oxygens (including phenoxy) is 5. The van der Waals surface area contributed by atoms with Crippen LogP contribution in [0.2, 0.25) is 0 Å². The summed E-state index contributed by atoms with van der Waals surface area (Å²) < 4.78 is 28.1. The van der Waals surface area contributed by atoms with Gasteiger partial charge in [-0.2, -0.15) is 0 Å². The van der Waals surface area contributed by atoms with E-state index in [0.29, 0.717) is 29.5 Å². The second-order valence-electron chi connectivity index (χ2n) is 9.36. The zero-order valence-corrected chi connectivity index (χ0v) is 22.0. The van der Waals surface area contributed by atoms with Crippen LogP contribution in [-0.2, 0) is 16.0 Å². The van der Waals surface area contributed by atoms with Gasteiger partial charge in [0.2, 0.25) is 23.4 Å². The number of methoxy groups -OCH3 is 3. The first-order chi connectivity index (χ1) is 18.6. The summed E-state index contributed by atoms with van der Waals surface area (Å²) in [5.74, 6) is 0.368. The predicted octanol–water partition coefficient (Wildman–Crippen LogP) is 0.0417. The molecule has 6 atom stereocenters. The number of fused-ring (bicyclic) bond motifs is 3. The number of nitrogens with one attached hydrogen (secondary N) is 1. The van der Waals surface area contributed by atoms with E-state index in [-0.39, 0.29) is 34.3 Å². The van der Waals surface area contributed by atoms with Gasteiger partial charge in [-0.3, -0.25) is 9.59 Å². The third kappa shape index (κ3) is 5.38. The van der Waals surface area contributed by atoms with E-state index >= 15 is 0 Å². The summed E-state index contributed by atoms with van der Waals surface area (Å²) in [6.45, 7) is 0.786. The minimum absolute atomic E-state index is 0.111. The number of aryl methyl sites for hydroxylation is 1. The summed E-state index contributed by atoms with van der Waals surface area (Å²) in [7, 11) is 4.23. The smallest absolute Gasteiger partial charge is 0.229 e. The first-order valence-electron chi connectivity index (χ1n) is 12.4. The Bertz CT molecular complexity index is 1280. The number of amides is 1. The Balaban J connectivity index is 1.89. The zero-order chi connectivity index (χ0) is 28.4. The molecular weight excluding hydrogens is 514 g/mol. The Morgan fingerprint density at radius 2 is 1.72 bits per heavy atom. The van der Waals surface area contributed by atoms with Crippen molar-refractivity contribution in [3.8, 4) is 34.1 Å². The maximum Gasteiger partial charge on any atom is 0.229 e. The van der Waals surface area contributed by atoms with Gasteiger partial charge in [0.1, 0.15) is 24.4 Å². The SMILES string of the molecule is COc1c(OC2OC(CO)C(O)C(O)C2O)cc2c(c1OC)-c1ccc(OC)c(=O)cc1[C@H](NC(C)=O)CC2. The van der Waals surface area contributed by atoms with E-state index in [4.69, 9.17) is 23.7 Å². The number of hydrogen-bond donors (Lipinski definition) is 5. The number of rotatable bonds is 7. The van der Waals surface area contributed by atoms with Crippen molar-refractivity contribution < 1.29 is 48.9 Å². The monoisotopic (exact) mass is 547 g/mol. The summed E-state index contributed by atoms with van der Waals surface area (Å²) >= 11 is 0. The summed E-state index contributed by atoms with van der Waals surface area (Å²) in [4.78, 5) is 24.9. The van der Waals surface area contributed by atoms with Gasteiger partial charge in [0.15, 0.2) is 17.2 Å². The standard InChI is InChI=1S/C27H33NO11/c1-12(30)28-16-7-5-13-9-19(38-27-24(34)23(33)22(32)20(11-29)39-27)25(36-3)26(37-4)21(13)14-6-8-18(35-2)17(31)10-15(14)16/h6,8-10,16,20,22-24,27,29,32-34H,5,7,11H2,1-4H3,(H,28,30)/t16-,20?,22?,23?,24?,27?/m1/s1. The molecule has 1 aliphatic heterocycles. The summed E-state index contributed by atoms with van der Waals surface area (Å²) in [6.07, 6.45) is -6.56. The van der Waals surface area contributed by atoms with Crippen LogP contribution in [0.5, 0.6) is 23.0 Å². The third-order valence-corrected chi connectivity index (χ3v) is 6.97. The van der Waals surface area contributed by atoms with Crippen molar-refractivity contribution in [3.63, 3.8) is 0 Å². The molecule has 2 aliphatic rings. The van der Waals surface area contributed by atoms with E-state index in [1.165, 1.54) is 34.3 Å². The highest BCUT2D eigenvalue weighted by molar-refractivity contribution is 5.83. The number of benzene rings is 1. The van der Waals surface area contributed by atoms with Gasteiger partial charge in [-0.15, -0.1) is 0 Å². The molecule has 12 nitrogen and oxygen atoms in total. The molecule has 0 saturated carbocycles. The molecular formula is C27H33NO11. The molecule has 39 heavy (non-hydrogen) atoms. The molecule has 0 radical (unpaired) electrons. The lowest BCUT2D eigenvalue weighted by atomic mass is 9.95. The van der Waals surface area contributed by atoms with Crippen molar-refractivity contribution in [1.82, 2.24) is 5.32 Å². The number of aliphatic hydroxyl groups excluding tert-OH is 4. The molecule has 0 aromatic heterocycles. The second-order valence-corrected chi connectivity index (χ2v) is 9.36. The minimum atomic E-state index is -1.64. The average Bonchev–Trinajstić information content (AvgIpc) is 3.16. The van der Waals surface area contributed by atoms with E-state index in [1.807, 2.05) is 0 Å². The van der Waals surface area contributed by atoms with Gasteiger partial charge >= 0.3 is 0 Å². The molecule has 1 fully saturated rings. The lowest BCUT2D eigenvalue weighted by molar-refractivity contribution is -0.277. The first kappa shape index (κ1) is 28.6. The van der Waals surface area contributed by atoms with Crippen molar-refractivity contribution in [2.24, 2.45) is 0 Å². The second kappa shape index (κ2) is 11.8. The van der Waals surface area contributed by atoms with Gasteiger partial charge in [0.05, 0.1) is 34.0 Å². The Labute approximate surface area is 224 Å². The van der Waals surface area contributed by atoms with Crippen LogP contribution < -0.4 is 29.7 Å². The van der Waals surface area contributed by atoms with Gasteiger partial charge in [-0.1, -0.05) is 6.07 Å². The topological polar surface area (TPSA) is 173 Å². The van der Waals surface area contributed by atoms with Crippen LogP contribution in [-0.4, -0.2) is 85.0 Å². The van der Waals surface area contributed by atoms with Gasteiger partial charge in [-0.25, -0.2) is 0 Å². The molecule has 5 unspecified atom stereocenters. The average molecular weight is 548 g/mol. The van der Waals surface area contributed by atoms with E-state index in [1.54, 1.807) is 18.2 Å². The predicted molar refractivity (Wildman–Crippen MR) is 137 cm³/mol. The van der Waals surface area contributed by atoms with Crippen molar-refractivity contribution in [1.29, 1.82) is 0 Å². The Kier molecular flexibility index (Phi) is 8.62. The van der Waals surface area contributed by atoms with Crippen LogP contribution in [0.25, 0.3) is 11.1 Å². The Morgan fingerprint density at radius 3 is 2.33 bits per heavy atom. The fraction of sp³-hybridized carbons (Fsp3) is 0.481. The van der Waals surface area contributed by atoms with Gasteiger partial charge in [-0.05, 0) is 47.7 Å². The molecule has 2 aromatic carbocycles. The van der Waals surface area contributed by atoms with Crippen LogP contribution >= 0.6 is 0 Å². The van der Waals surface area contributed by atoms with E-state index in [0.717, 1.165) is 5.56 Å². The Hall–Kier alpha value is -3.42. The van der Waals surface area contributed by atoms with Crippen molar-refractivity contribution >= 4 is 5.91 Å². The van der Waals surface area contributed by atoms with E-state index < -0.39 is 43.4 Å². The van der Waals surface area contributed by atoms with Gasteiger partial charge in [0.25, 0.3) is 0 Å². The molecule has 1 aliphatic carbocycles. The lowest BCUT2D eigenvalue weighted by Crippen LogP contribution is -2.60. The molecule has 5 N–H and O–H groups in total. The summed E-state index contributed by atoms with van der Waals surface area (Å²) in [5, 5.41) is 43.3. The summed E-state index contributed by atoms with van der Waals surface area (Å²) in [5.41, 5.74) is 2.15. The maximum atomic E-state index is 12.9. The quantitative estimate of drug-likeness (QED) is 0.317. The van der Waals surface area contributed by atoms with Crippen LogP contribution in [0.4, 0.5) is 0 Å². The third-order valence-electron chi connectivity index (χ3n) is 6.97. The van der Waals surface area contributed by atoms with Crippen molar-refractivity contribution in [2.45, 2.75) is 56.5 Å². The number of carbonyl (C=O) groups excluding carboxylic acids is 1. The number of hydrogen-bond acceptors (Lipinski definition) is 11. The van der Waals surface area contributed by atoms with Crippen molar-refractivity contribution in [3.05, 3.63) is 45.6 Å². The van der Waals surface area contributed by atoms with Crippen LogP contribution in [0.3, 0.4) is 0 Å². The van der Waals surface area contributed by atoms with Gasteiger partial charge < -0.3 is 49.4 Å². The number of carbonyl (C=O) groups is 1. The van der Waals surface area contributed by atoms with E-state index in [9.17, 15) is 30.0 Å². The fourth-order valence-electron chi connectivity index (χ4n) is 5.09. The maximum absolute atomic E-state index is 12.9. The van der Waals surface area contributed by atoms with E-state index in [2.05, 4.69) is 5.32 Å². The molecule has 0 bridgehead atoms. The summed E-state index contributed by atoms with van der Waals surface area (Å²) in [6, 6.07) is 5.87. The zero-order valence-electron chi connectivity index (χ0n) is 22.0. The van der Waals surface area contributed by atoms with Crippen LogP contribution in [0.1, 0.15) is 30.5 Å². The molecule has 1 heterocycles. The first-order valence-corrected chi connectivity index (χ1v) is 12.4. The molecule has 0 spiro atoms. The highest BCUT2D eigenvalue weighted by Gasteiger charge is 2.45. The number of aliphatic hydroxyl groups is 4. The molecule has 4 rings (SSSR count). The molecule has 212 valence electrons. The molecule has 1 saturated heterocycles. The minimum Gasteiger partial charge on any atom is -0.493 e. The normalized spacial score (nSPS) is 25.9. The highest BCUT2D eigenvalue weighted by atomic mass is 16.7. The largest absolute Gasteiger partial charge is 0.493 e. The van der Waals surface area contributed by atoms with Crippen molar-refractivity contribution in [2.75, 3.05) is 27.9 Å². The van der Waals surface area contributed by atoms with Crippen LogP contribution in [0.15, 0.2) is 29.1 Å². The Morgan fingerprint density at radius 1 is 1.00 bits per heavy atom. The highest BCUT2D eigenvalue weighted by Crippen LogP contribution is 2.50. The molecule has 12 heteroatoms. The fourth-order valence-corrected chi connectivity index (χ4v) is 5.09. The molecule has 1 amide bonds. The van der Waals surface area contributed by atoms with Crippen LogP contribution in [0, 0.1) is 0 Å². The lowest BCUT2D eigenvalue weighted by Gasteiger charge is -2.39. The van der Waals surface area contributed by atoms with Gasteiger partial charge in [0, 0.05) is 12.5 Å². The molecule has 2 aromatic rings.